The van der Waals surface area contributed by atoms with Crippen molar-refractivity contribution < 1.29 is 9.59 Å². The Hall–Kier alpha value is -2.05. The van der Waals surface area contributed by atoms with Gasteiger partial charge in [-0.3, -0.25) is 9.48 Å². The summed E-state index contributed by atoms with van der Waals surface area (Å²) in [5.41, 5.74) is 10.2. The molecular weight excluding hydrogens is 174 g/mol. The van der Waals surface area contributed by atoms with Gasteiger partial charge in [0.15, 0.2) is 0 Å². The Labute approximate surface area is 73.7 Å². The van der Waals surface area contributed by atoms with Crippen LogP contribution in [0.4, 0.5) is 10.5 Å². The van der Waals surface area contributed by atoms with Crippen molar-refractivity contribution in [1.82, 2.24) is 9.78 Å². The van der Waals surface area contributed by atoms with Crippen LogP contribution in [-0.4, -0.2) is 21.7 Å². The van der Waals surface area contributed by atoms with E-state index in [2.05, 4.69) is 10.4 Å². The van der Waals surface area contributed by atoms with E-state index < -0.39 is 11.9 Å². The Morgan fingerprint density at radius 2 is 2.23 bits per heavy atom. The number of carbonyl (C=O) groups is 2. The molecule has 7 nitrogen and oxygen atoms in total. The van der Waals surface area contributed by atoms with E-state index in [9.17, 15) is 9.59 Å². The molecule has 70 valence electrons. The number of nitrogens with two attached hydrogens (primary N) is 2. The third-order valence-electron chi connectivity index (χ3n) is 1.22. The predicted molar refractivity (Wildman–Crippen MR) is 44.6 cm³/mol. The van der Waals surface area contributed by atoms with Crippen molar-refractivity contribution >= 4 is 17.6 Å². The highest BCUT2D eigenvalue weighted by Gasteiger charge is 2.01. The summed E-state index contributed by atoms with van der Waals surface area (Å²) < 4.78 is 1.30. The maximum Gasteiger partial charge on any atom is 0.316 e. The molecule has 7 heteroatoms. The smallest absolute Gasteiger partial charge is 0.316 e. The zero-order chi connectivity index (χ0) is 9.84. The van der Waals surface area contributed by atoms with Gasteiger partial charge in [-0.05, 0) is 0 Å². The molecule has 0 aromatic carbocycles. The second-order valence-electron chi connectivity index (χ2n) is 2.38. The zero-order valence-electron chi connectivity index (χ0n) is 6.73. The van der Waals surface area contributed by atoms with Crippen molar-refractivity contribution in [2.75, 3.05) is 5.32 Å². The molecule has 0 radical (unpaired) electrons. The molecule has 5 N–H and O–H groups in total. The van der Waals surface area contributed by atoms with E-state index in [0.717, 1.165) is 0 Å². The summed E-state index contributed by atoms with van der Waals surface area (Å²) in [5.74, 6) is -0.506. The summed E-state index contributed by atoms with van der Waals surface area (Å²) in [6, 6.07) is -0.682. The number of nitrogens with zero attached hydrogens (tertiary/aromatic N) is 2. The molecule has 0 bridgehead atoms. The van der Waals surface area contributed by atoms with Crippen molar-refractivity contribution in [3.63, 3.8) is 0 Å². The molecule has 0 aliphatic carbocycles. The Kier molecular flexibility index (Phi) is 2.48. The molecule has 1 rings (SSSR count). The van der Waals surface area contributed by atoms with Gasteiger partial charge in [0.2, 0.25) is 5.91 Å². The normalized spacial score (nSPS) is 9.54. The minimum Gasteiger partial charge on any atom is -0.368 e. The number of urea groups is 1. The van der Waals surface area contributed by atoms with E-state index in [-0.39, 0.29) is 6.54 Å². The molecule has 0 fully saturated rings. The summed E-state index contributed by atoms with van der Waals surface area (Å²) >= 11 is 0. The van der Waals surface area contributed by atoms with Gasteiger partial charge in [0.25, 0.3) is 0 Å². The number of hydrogen-bond donors (Lipinski definition) is 3. The van der Waals surface area contributed by atoms with Crippen molar-refractivity contribution in [3.05, 3.63) is 12.4 Å². The number of anilines is 1. The van der Waals surface area contributed by atoms with Crippen LogP contribution in [-0.2, 0) is 11.3 Å². The molecule has 3 amide bonds. The Balaban J connectivity index is 2.63. The highest BCUT2D eigenvalue weighted by atomic mass is 16.2. The standard InChI is InChI=1S/C6H9N5O2/c7-5(12)3-11-2-4(1-9-11)10-6(8)13/h1-2H,3H2,(H2,7,12)(H3,8,10,13). The van der Waals surface area contributed by atoms with E-state index in [1.807, 2.05) is 0 Å². The third kappa shape index (κ3) is 2.81. The second-order valence-corrected chi connectivity index (χ2v) is 2.38. The molecule has 13 heavy (non-hydrogen) atoms. The lowest BCUT2D eigenvalue weighted by Crippen LogP contribution is -2.19. The lowest BCUT2D eigenvalue weighted by molar-refractivity contribution is -0.118. The van der Waals surface area contributed by atoms with Crippen LogP contribution in [0.15, 0.2) is 12.4 Å². The van der Waals surface area contributed by atoms with Gasteiger partial charge in [0.1, 0.15) is 6.54 Å². The highest BCUT2D eigenvalue weighted by Crippen LogP contribution is 2.03. The quantitative estimate of drug-likeness (QED) is 0.549. The lowest BCUT2D eigenvalue weighted by atomic mass is 10.5. The van der Waals surface area contributed by atoms with Crippen LogP contribution in [0.1, 0.15) is 0 Å². The number of amides is 3. The summed E-state index contributed by atoms with van der Waals surface area (Å²) in [4.78, 5) is 20.8. The van der Waals surface area contributed by atoms with Crippen LogP contribution < -0.4 is 16.8 Å². The van der Waals surface area contributed by atoms with Gasteiger partial charge in [-0.1, -0.05) is 0 Å². The molecule has 0 saturated carbocycles. The molecule has 1 aromatic rings. The first-order valence-electron chi connectivity index (χ1n) is 3.45. The number of rotatable bonds is 3. The molecule has 1 aromatic heterocycles. The Morgan fingerprint density at radius 1 is 1.54 bits per heavy atom. The summed E-state index contributed by atoms with van der Waals surface area (Å²) in [6.45, 7) is -0.0273. The van der Waals surface area contributed by atoms with Gasteiger partial charge < -0.3 is 16.8 Å². The molecule has 0 spiro atoms. The first-order valence-corrected chi connectivity index (χ1v) is 3.45. The van der Waals surface area contributed by atoms with Crippen LogP contribution >= 0.6 is 0 Å². The molecule has 1 heterocycles. The van der Waals surface area contributed by atoms with Crippen LogP contribution in [0.3, 0.4) is 0 Å². The summed E-state index contributed by atoms with van der Waals surface area (Å²) in [7, 11) is 0. The van der Waals surface area contributed by atoms with Crippen molar-refractivity contribution in [2.45, 2.75) is 6.54 Å². The van der Waals surface area contributed by atoms with Gasteiger partial charge >= 0.3 is 6.03 Å². The van der Waals surface area contributed by atoms with Crippen molar-refractivity contribution in [3.8, 4) is 0 Å². The van der Waals surface area contributed by atoms with E-state index in [4.69, 9.17) is 11.5 Å². The van der Waals surface area contributed by atoms with E-state index >= 15 is 0 Å². The molecule has 0 aliphatic heterocycles. The second kappa shape index (κ2) is 3.57. The fraction of sp³-hybridized carbons (Fsp3) is 0.167. The number of hydrogen-bond acceptors (Lipinski definition) is 3. The Bertz CT molecular complexity index is 301. The third-order valence-corrected chi connectivity index (χ3v) is 1.22. The number of primary amides is 2. The maximum atomic E-state index is 10.4. The largest absolute Gasteiger partial charge is 0.368 e. The van der Waals surface area contributed by atoms with E-state index in [1.54, 1.807) is 0 Å². The summed E-state index contributed by atoms with van der Waals surface area (Å²) in [5, 5.41) is 6.06. The van der Waals surface area contributed by atoms with Crippen LogP contribution in [0.25, 0.3) is 0 Å². The fourth-order valence-corrected chi connectivity index (χ4v) is 0.817. The van der Waals surface area contributed by atoms with Crippen LogP contribution in [0.5, 0.6) is 0 Å². The zero-order valence-corrected chi connectivity index (χ0v) is 6.73. The van der Waals surface area contributed by atoms with Crippen molar-refractivity contribution in [1.29, 1.82) is 0 Å². The van der Waals surface area contributed by atoms with E-state index in [0.29, 0.717) is 5.69 Å². The number of aromatic nitrogens is 2. The Morgan fingerprint density at radius 3 is 2.77 bits per heavy atom. The monoisotopic (exact) mass is 183 g/mol. The van der Waals surface area contributed by atoms with E-state index in [1.165, 1.54) is 17.1 Å². The number of nitrogens with one attached hydrogen (secondary N) is 1. The minimum atomic E-state index is -0.682. The van der Waals surface area contributed by atoms with Gasteiger partial charge in [-0.2, -0.15) is 5.10 Å². The average molecular weight is 183 g/mol. The summed E-state index contributed by atoms with van der Waals surface area (Å²) in [6.07, 6.45) is 2.82. The van der Waals surface area contributed by atoms with Crippen LogP contribution in [0.2, 0.25) is 0 Å². The lowest BCUT2D eigenvalue weighted by Gasteiger charge is -1.95. The van der Waals surface area contributed by atoms with Gasteiger partial charge in [-0.15, -0.1) is 0 Å². The first-order chi connectivity index (χ1) is 6.08. The number of carbonyl (C=O) groups excluding carboxylic acids is 2. The molecule has 0 saturated heterocycles. The maximum absolute atomic E-state index is 10.4. The van der Waals surface area contributed by atoms with Gasteiger partial charge in [-0.25, -0.2) is 4.79 Å². The highest BCUT2D eigenvalue weighted by molar-refractivity contribution is 5.87. The topological polar surface area (TPSA) is 116 Å². The average Bonchev–Trinajstić information content (AvgIpc) is 2.33. The fourth-order valence-electron chi connectivity index (χ4n) is 0.817. The molecule has 0 atom stereocenters. The minimum absolute atomic E-state index is 0.0273. The molecular formula is C6H9N5O2. The first kappa shape index (κ1) is 9.04. The van der Waals surface area contributed by atoms with Crippen molar-refractivity contribution in [2.24, 2.45) is 11.5 Å². The van der Waals surface area contributed by atoms with Crippen LogP contribution in [0, 0.1) is 0 Å². The molecule has 0 unspecified atom stereocenters. The molecule has 0 aliphatic rings. The van der Waals surface area contributed by atoms with Gasteiger partial charge in [0, 0.05) is 6.20 Å². The predicted octanol–water partition coefficient (Wildman–Crippen LogP) is -1.14. The van der Waals surface area contributed by atoms with Gasteiger partial charge in [0.05, 0.1) is 11.9 Å². The SMILES string of the molecule is NC(=O)Cn1cc(NC(N)=O)cn1.